The SMILES string of the molecule is O=C(Nc1ccnn1-c1ccccc1)[C@H]1COc2ccc(F)cc2C1. The topological polar surface area (TPSA) is 56.2 Å². The lowest BCUT2D eigenvalue weighted by Gasteiger charge is -2.24. The van der Waals surface area contributed by atoms with Crippen molar-refractivity contribution in [2.45, 2.75) is 6.42 Å². The summed E-state index contributed by atoms with van der Waals surface area (Å²) in [4.78, 5) is 12.6. The van der Waals surface area contributed by atoms with Gasteiger partial charge in [0.2, 0.25) is 5.91 Å². The molecule has 0 aliphatic carbocycles. The molecule has 1 atom stereocenters. The van der Waals surface area contributed by atoms with Crippen LogP contribution in [0.4, 0.5) is 10.2 Å². The summed E-state index contributed by atoms with van der Waals surface area (Å²) in [5, 5.41) is 7.15. The van der Waals surface area contributed by atoms with Gasteiger partial charge in [0.05, 0.1) is 17.8 Å². The molecule has 6 heteroatoms. The largest absolute Gasteiger partial charge is 0.492 e. The van der Waals surface area contributed by atoms with Gasteiger partial charge >= 0.3 is 0 Å². The number of fused-ring (bicyclic) bond motifs is 1. The Morgan fingerprint density at radius 3 is 2.88 bits per heavy atom. The first-order valence-corrected chi connectivity index (χ1v) is 8.02. The minimum Gasteiger partial charge on any atom is -0.492 e. The average molecular weight is 337 g/mol. The van der Waals surface area contributed by atoms with Gasteiger partial charge in [0.15, 0.2) is 0 Å². The van der Waals surface area contributed by atoms with Crippen LogP contribution in [0.5, 0.6) is 5.75 Å². The van der Waals surface area contributed by atoms with Crippen LogP contribution in [0.15, 0.2) is 60.8 Å². The van der Waals surface area contributed by atoms with E-state index >= 15 is 0 Å². The standard InChI is InChI=1S/C19H16FN3O2/c20-15-6-7-17-13(11-15)10-14(12-25-17)19(24)22-18-8-9-21-23(18)16-4-2-1-3-5-16/h1-9,11,14H,10,12H2,(H,22,24)/t14-/m1/s1. The number of aromatic nitrogens is 2. The number of halogens is 1. The van der Waals surface area contributed by atoms with Crippen molar-refractivity contribution in [3.63, 3.8) is 0 Å². The molecule has 0 spiro atoms. The Morgan fingerprint density at radius 1 is 1.20 bits per heavy atom. The first-order chi connectivity index (χ1) is 12.2. The predicted molar refractivity (Wildman–Crippen MR) is 91.3 cm³/mol. The Balaban J connectivity index is 1.51. The van der Waals surface area contributed by atoms with Gasteiger partial charge in [-0.15, -0.1) is 0 Å². The highest BCUT2D eigenvalue weighted by Crippen LogP contribution is 2.28. The summed E-state index contributed by atoms with van der Waals surface area (Å²) in [5.74, 6) is 0.340. The summed E-state index contributed by atoms with van der Waals surface area (Å²) in [6, 6.07) is 15.7. The number of rotatable bonds is 3. The molecule has 1 amide bonds. The zero-order valence-electron chi connectivity index (χ0n) is 13.4. The minimum absolute atomic E-state index is 0.174. The lowest BCUT2D eigenvalue weighted by atomic mass is 9.96. The molecule has 1 aliphatic heterocycles. The van der Waals surface area contributed by atoms with Gasteiger partial charge in [-0.05, 0) is 42.3 Å². The van der Waals surface area contributed by atoms with Gasteiger partial charge in [0, 0.05) is 6.07 Å². The van der Waals surface area contributed by atoms with Crippen LogP contribution in [0.25, 0.3) is 5.69 Å². The van der Waals surface area contributed by atoms with Crippen LogP contribution < -0.4 is 10.1 Å². The molecule has 0 fully saturated rings. The van der Waals surface area contributed by atoms with Crippen LogP contribution in [-0.2, 0) is 11.2 Å². The third-order valence-electron chi connectivity index (χ3n) is 4.19. The third kappa shape index (κ3) is 3.10. The predicted octanol–water partition coefficient (Wildman–Crippen LogP) is 3.20. The number of hydrogen-bond donors (Lipinski definition) is 1. The van der Waals surface area contributed by atoms with Crippen molar-refractivity contribution in [1.82, 2.24) is 9.78 Å². The molecular weight excluding hydrogens is 321 g/mol. The van der Waals surface area contributed by atoms with Crippen molar-refractivity contribution in [1.29, 1.82) is 0 Å². The number of benzene rings is 2. The molecule has 0 radical (unpaired) electrons. The van der Waals surface area contributed by atoms with Crippen molar-refractivity contribution in [2.75, 3.05) is 11.9 Å². The Bertz CT molecular complexity index is 908. The molecule has 1 aliphatic rings. The second-order valence-electron chi connectivity index (χ2n) is 5.92. The Labute approximate surface area is 144 Å². The number of amides is 1. The third-order valence-corrected chi connectivity index (χ3v) is 4.19. The Hall–Kier alpha value is -3.15. The molecule has 0 bridgehead atoms. The molecule has 3 aromatic rings. The van der Waals surface area contributed by atoms with Crippen LogP contribution in [0.2, 0.25) is 0 Å². The van der Waals surface area contributed by atoms with E-state index < -0.39 is 0 Å². The summed E-state index contributed by atoms with van der Waals surface area (Å²) in [6.07, 6.45) is 2.07. The van der Waals surface area contributed by atoms with Crippen molar-refractivity contribution in [2.24, 2.45) is 5.92 Å². The van der Waals surface area contributed by atoms with Crippen LogP contribution in [0.1, 0.15) is 5.56 Å². The molecule has 126 valence electrons. The van der Waals surface area contributed by atoms with E-state index in [4.69, 9.17) is 4.74 Å². The van der Waals surface area contributed by atoms with E-state index in [0.29, 0.717) is 23.6 Å². The summed E-state index contributed by atoms with van der Waals surface area (Å²) in [7, 11) is 0. The first-order valence-electron chi connectivity index (χ1n) is 8.02. The number of carbonyl (C=O) groups is 1. The normalized spacial score (nSPS) is 16.0. The van der Waals surface area contributed by atoms with Gasteiger partial charge in [-0.25, -0.2) is 9.07 Å². The summed E-state index contributed by atoms with van der Waals surface area (Å²) in [5.41, 5.74) is 1.57. The fraction of sp³-hybridized carbons (Fsp3) is 0.158. The first kappa shape index (κ1) is 15.4. The summed E-state index contributed by atoms with van der Waals surface area (Å²) >= 11 is 0. The van der Waals surface area contributed by atoms with Crippen LogP contribution in [0, 0.1) is 11.7 Å². The molecule has 1 aromatic heterocycles. The highest BCUT2D eigenvalue weighted by molar-refractivity contribution is 5.92. The summed E-state index contributed by atoms with van der Waals surface area (Å²) in [6.45, 7) is 0.268. The minimum atomic E-state index is -0.381. The molecule has 0 unspecified atom stereocenters. The van der Waals surface area contributed by atoms with E-state index in [1.807, 2.05) is 30.3 Å². The number of ether oxygens (including phenoxy) is 1. The second-order valence-corrected chi connectivity index (χ2v) is 5.92. The molecule has 2 aromatic carbocycles. The molecule has 1 N–H and O–H groups in total. The van der Waals surface area contributed by atoms with Gasteiger partial charge in [-0.2, -0.15) is 5.10 Å². The molecule has 0 saturated heterocycles. The lowest BCUT2D eigenvalue weighted by molar-refractivity contribution is -0.121. The number of hydrogen-bond acceptors (Lipinski definition) is 3. The van der Waals surface area contributed by atoms with Gasteiger partial charge in [0.1, 0.15) is 24.0 Å². The van der Waals surface area contributed by atoms with Crippen molar-refractivity contribution in [3.8, 4) is 11.4 Å². The fourth-order valence-corrected chi connectivity index (χ4v) is 2.93. The van der Waals surface area contributed by atoms with Gasteiger partial charge in [-0.1, -0.05) is 18.2 Å². The second kappa shape index (κ2) is 6.39. The Kier molecular flexibility index (Phi) is 3.93. The maximum absolute atomic E-state index is 13.4. The molecular formula is C19H16FN3O2. The number of para-hydroxylation sites is 1. The van der Waals surface area contributed by atoms with Crippen molar-refractivity contribution in [3.05, 3.63) is 72.2 Å². The van der Waals surface area contributed by atoms with Crippen molar-refractivity contribution < 1.29 is 13.9 Å². The lowest BCUT2D eigenvalue weighted by Crippen LogP contribution is -2.33. The number of anilines is 1. The molecule has 5 nitrogen and oxygen atoms in total. The zero-order chi connectivity index (χ0) is 17.2. The van der Waals surface area contributed by atoms with E-state index in [1.54, 1.807) is 23.0 Å². The number of nitrogens with one attached hydrogen (secondary N) is 1. The number of nitrogens with zero attached hydrogens (tertiary/aromatic N) is 2. The van der Waals surface area contributed by atoms with Crippen molar-refractivity contribution >= 4 is 11.7 Å². The van der Waals surface area contributed by atoms with Gasteiger partial charge in [-0.3, -0.25) is 4.79 Å². The maximum atomic E-state index is 13.4. The van der Waals surface area contributed by atoms with E-state index in [9.17, 15) is 9.18 Å². The number of carbonyl (C=O) groups excluding carboxylic acids is 1. The van der Waals surface area contributed by atoms with Crippen LogP contribution in [-0.4, -0.2) is 22.3 Å². The smallest absolute Gasteiger partial charge is 0.232 e. The van der Waals surface area contributed by atoms with E-state index in [1.165, 1.54) is 12.1 Å². The summed E-state index contributed by atoms with van der Waals surface area (Å²) < 4.78 is 20.7. The van der Waals surface area contributed by atoms with Crippen LogP contribution in [0.3, 0.4) is 0 Å². The molecule has 2 heterocycles. The monoisotopic (exact) mass is 337 g/mol. The zero-order valence-corrected chi connectivity index (χ0v) is 13.4. The fourth-order valence-electron chi connectivity index (χ4n) is 2.93. The Morgan fingerprint density at radius 2 is 2.04 bits per heavy atom. The highest BCUT2D eigenvalue weighted by Gasteiger charge is 2.27. The molecule has 25 heavy (non-hydrogen) atoms. The average Bonchev–Trinajstić information content (AvgIpc) is 3.10. The van der Waals surface area contributed by atoms with Gasteiger partial charge in [0.25, 0.3) is 0 Å². The highest BCUT2D eigenvalue weighted by atomic mass is 19.1. The molecule has 4 rings (SSSR count). The van der Waals surface area contributed by atoms with E-state index in [2.05, 4.69) is 10.4 Å². The maximum Gasteiger partial charge on any atom is 0.232 e. The van der Waals surface area contributed by atoms with E-state index in [-0.39, 0.29) is 24.2 Å². The quantitative estimate of drug-likeness (QED) is 0.798. The van der Waals surface area contributed by atoms with E-state index in [0.717, 1.165) is 5.69 Å². The molecule has 0 saturated carbocycles. The van der Waals surface area contributed by atoms with Gasteiger partial charge < -0.3 is 10.1 Å². The van der Waals surface area contributed by atoms with Crippen LogP contribution >= 0.6 is 0 Å².